The first-order valence-corrected chi connectivity index (χ1v) is 6.39. The first-order chi connectivity index (χ1) is 9.99. The zero-order valence-electron chi connectivity index (χ0n) is 11.4. The van der Waals surface area contributed by atoms with Gasteiger partial charge < -0.3 is 0 Å². The molecule has 0 spiro atoms. The minimum absolute atomic E-state index is 0.00611. The van der Waals surface area contributed by atoms with Crippen molar-refractivity contribution in [1.82, 2.24) is 15.4 Å². The summed E-state index contributed by atoms with van der Waals surface area (Å²) in [6.07, 6.45) is 1.64. The Morgan fingerprint density at radius 2 is 1.81 bits per heavy atom. The van der Waals surface area contributed by atoms with Crippen LogP contribution in [-0.4, -0.2) is 9.97 Å². The summed E-state index contributed by atoms with van der Waals surface area (Å²) in [5, 5.41) is 0. The molecule has 0 bridgehead atoms. The highest BCUT2D eigenvalue weighted by Crippen LogP contribution is 2.36. The first kappa shape index (κ1) is 15.4. The van der Waals surface area contributed by atoms with E-state index < -0.39 is 17.8 Å². The fourth-order valence-electron chi connectivity index (χ4n) is 2.26. The van der Waals surface area contributed by atoms with Gasteiger partial charge in [-0.15, -0.1) is 0 Å². The number of alkyl halides is 3. The van der Waals surface area contributed by atoms with Crippen LogP contribution in [0.3, 0.4) is 0 Å². The van der Waals surface area contributed by atoms with Gasteiger partial charge in [0.15, 0.2) is 0 Å². The number of rotatable bonds is 4. The van der Waals surface area contributed by atoms with Gasteiger partial charge in [0.1, 0.15) is 0 Å². The molecule has 0 saturated heterocycles. The molecule has 7 heteroatoms. The Bertz CT molecular complexity index is 613. The smallest absolute Gasteiger partial charge is 0.271 e. The van der Waals surface area contributed by atoms with Crippen LogP contribution in [0.15, 0.2) is 36.9 Å². The van der Waals surface area contributed by atoms with E-state index in [4.69, 9.17) is 5.84 Å². The molecule has 0 aliphatic heterocycles. The minimum atomic E-state index is -4.47. The maximum absolute atomic E-state index is 13.1. The van der Waals surface area contributed by atoms with Gasteiger partial charge in [0.25, 0.3) is 0 Å². The van der Waals surface area contributed by atoms with Crippen molar-refractivity contribution in [1.29, 1.82) is 0 Å². The third kappa shape index (κ3) is 3.20. The number of nitrogens with zero attached hydrogens (tertiary/aromatic N) is 2. The van der Waals surface area contributed by atoms with E-state index in [-0.39, 0.29) is 5.56 Å². The predicted octanol–water partition coefficient (Wildman–Crippen LogP) is 2.61. The van der Waals surface area contributed by atoms with Gasteiger partial charge in [-0.2, -0.15) is 13.2 Å². The molecule has 0 aromatic carbocycles. The van der Waals surface area contributed by atoms with E-state index >= 15 is 0 Å². The Balaban J connectivity index is 2.58. The van der Waals surface area contributed by atoms with Crippen LogP contribution in [-0.2, 0) is 12.6 Å². The topological polar surface area (TPSA) is 63.8 Å². The number of nitrogens with two attached hydrogens (primary N) is 1. The van der Waals surface area contributed by atoms with E-state index in [1.807, 2.05) is 6.92 Å². The predicted molar refractivity (Wildman–Crippen MR) is 72.0 cm³/mol. The molecule has 1 unspecified atom stereocenters. The van der Waals surface area contributed by atoms with Crippen molar-refractivity contribution in [2.45, 2.75) is 25.6 Å². The van der Waals surface area contributed by atoms with Crippen LogP contribution < -0.4 is 11.3 Å². The van der Waals surface area contributed by atoms with Crippen molar-refractivity contribution in [2.75, 3.05) is 0 Å². The molecule has 4 nitrogen and oxygen atoms in total. The molecule has 21 heavy (non-hydrogen) atoms. The van der Waals surface area contributed by atoms with E-state index in [1.54, 1.807) is 12.3 Å². The highest BCUT2D eigenvalue weighted by molar-refractivity contribution is 5.39. The normalized spacial score (nSPS) is 13.2. The van der Waals surface area contributed by atoms with Gasteiger partial charge in [-0.3, -0.25) is 15.8 Å². The number of aromatic nitrogens is 2. The number of aryl methyl sites for hydroxylation is 1. The van der Waals surface area contributed by atoms with Crippen LogP contribution in [0.1, 0.15) is 35.2 Å². The summed E-state index contributed by atoms with van der Waals surface area (Å²) in [6.45, 7) is 1.90. The van der Waals surface area contributed by atoms with Crippen LogP contribution in [0, 0.1) is 0 Å². The molecule has 3 N–H and O–H groups in total. The standard InChI is InChI=1S/C14H15F3N4/c1-2-9-7-19-5-3-10(9)13(21-18)11-8-20-6-4-12(11)14(15,16)17/h3-8,13,21H,2,18H2,1H3. The zero-order chi connectivity index (χ0) is 15.5. The number of hydrogen-bond donors (Lipinski definition) is 2. The average molecular weight is 296 g/mol. The van der Waals surface area contributed by atoms with Crippen LogP contribution >= 0.6 is 0 Å². The molecule has 2 heterocycles. The van der Waals surface area contributed by atoms with Gasteiger partial charge in [-0.1, -0.05) is 6.92 Å². The Labute approximate surface area is 120 Å². The lowest BCUT2D eigenvalue weighted by atomic mass is 9.93. The third-order valence-electron chi connectivity index (χ3n) is 3.27. The molecule has 2 aromatic heterocycles. The van der Waals surface area contributed by atoms with E-state index in [2.05, 4.69) is 15.4 Å². The van der Waals surface area contributed by atoms with Gasteiger partial charge >= 0.3 is 6.18 Å². The summed E-state index contributed by atoms with van der Waals surface area (Å²) >= 11 is 0. The SMILES string of the molecule is CCc1cnccc1C(NN)c1cnccc1C(F)(F)F. The fraction of sp³-hybridized carbons (Fsp3) is 0.286. The molecule has 0 fully saturated rings. The van der Waals surface area contributed by atoms with Gasteiger partial charge in [-0.05, 0) is 29.7 Å². The number of halogens is 3. The molecule has 0 aliphatic rings. The molecule has 0 saturated carbocycles. The van der Waals surface area contributed by atoms with Gasteiger partial charge in [0.05, 0.1) is 11.6 Å². The molecule has 2 aromatic rings. The number of nitrogens with one attached hydrogen (secondary N) is 1. The lowest BCUT2D eigenvalue weighted by molar-refractivity contribution is -0.138. The summed E-state index contributed by atoms with van der Waals surface area (Å²) in [5.74, 6) is 5.51. The molecule has 0 radical (unpaired) electrons. The van der Waals surface area contributed by atoms with Crippen LogP contribution in [0.25, 0.3) is 0 Å². The summed E-state index contributed by atoms with van der Waals surface area (Å²) in [4.78, 5) is 7.79. The van der Waals surface area contributed by atoms with E-state index in [0.717, 1.165) is 17.8 Å². The van der Waals surface area contributed by atoms with Crippen molar-refractivity contribution >= 4 is 0 Å². The van der Waals surface area contributed by atoms with Crippen LogP contribution in [0.2, 0.25) is 0 Å². The maximum atomic E-state index is 13.1. The second-order valence-electron chi connectivity index (χ2n) is 4.49. The third-order valence-corrected chi connectivity index (χ3v) is 3.27. The Hall–Kier alpha value is -1.99. The van der Waals surface area contributed by atoms with Crippen LogP contribution in [0.5, 0.6) is 0 Å². The fourth-order valence-corrected chi connectivity index (χ4v) is 2.26. The highest BCUT2D eigenvalue weighted by atomic mass is 19.4. The second kappa shape index (κ2) is 6.19. The largest absolute Gasteiger partial charge is 0.416 e. The number of pyridine rings is 2. The maximum Gasteiger partial charge on any atom is 0.416 e. The van der Waals surface area contributed by atoms with E-state index in [9.17, 15) is 13.2 Å². The minimum Gasteiger partial charge on any atom is -0.271 e. The Morgan fingerprint density at radius 3 is 2.43 bits per heavy atom. The molecular formula is C14H15F3N4. The van der Waals surface area contributed by atoms with Crippen molar-refractivity contribution < 1.29 is 13.2 Å². The molecule has 112 valence electrons. The number of hydrogen-bond acceptors (Lipinski definition) is 4. The quantitative estimate of drug-likeness (QED) is 0.672. The summed E-state index contributed by atoms with van der Waals surface area (Å²) in [7, 11) is 0. The average Bonchev–Trinajstić information content (AvgIpc) is 2.48. The Kier molecular flexibility index (Phi) is 4.54. The molecule has 2 rings (SSSR count). The van der Waals surface area contributed by atoms with E-state index in [1.165, 1.54) is 12.4 Å². The second-order valence-corrected chi connectivity index (χ2v) is 4.49. The lowest BCUT2D eigenvalue weighted by Gasteiger charge is -2.22. The van der Waals surface area contributed by atoms with Crippen molar-refractivity contribution in [2.24, 2.45) is 5.84 Å². The van der Waals surface area contributed by atoms with Gasteiger partial charge in [-0.25, -0.2) is 5.43 Å². The first-order valence-electron chi connectivity index (χ1n) is 6.39. The zero-order valence-corrected chi connectivity index (χ0v) is 11.4. The van der Waals surface area contributed by atoms with E-state index in [0.29, 0.717) is 12.0 Å². The molecule has 0 amide bonds. The molecular weight excluding hydrogens is 281 g/mol. The van der Waals surface area contributed by atoms with Crippen molar-refractivity contribution in [3.8, 4) is 0 Å². The summed E-state index contributed by atoms with van der Waals surface area (Å²) in [6, 6.07) is 1.82. The monoisotopic (exact) mass is 296 g/mol. The number of hydrazine groups is 1. The van der Waals surface area contributed by atoms with Gasteiger partial charge in [0.2, 0.25) is 0 Å². The van der Waals surface area contributed by atoms with Crippen LogP contribution in [0.4, 0.5) is 13.2 Å². The lowest BCUT2D eigenvalue weighted by Crippen LogP contribution is -2.31. The Morgan fingerprint density at radius 1 is 1.14 bits per heavy atom. The molecule has 1 atom stereocenters. The summed E-state index contributed by atoms with van der Waals surface area (Å²) < 4.78 is 39.4. The van der Waals surface area contributed by atoms with Crippen molar-refractivity contribution in [3.05, 3.63) is 59.2 Å². The summed E-state index contributed by atoms with van der Waals surface area (Å²) in [5.41, 5.74) is 3.19. The van der Waals surface area contributed by atoms with Crippen molar-refractivity contribution in [3.63, 3.8) is 0 Å². The molecule has 0 aliphatic carbocycles. The van der Waals surface area contributed by atoms with Gasteiger partial charge in [0, 0.05) is 30.4 Å². The highest BCUT2D eigenvalue weighted by Gasteiger charge is 2.35.